The van der Waals surface area contributed by atoms with Crippen LogP contribution in [0, 0.1) is 5.92 Å². The molecule has 1 amide bonds. The van der Waals surface area contributed by atoms with E-state index in [0.717, 1.165) is 35.5 Å². The van der Waals surface area contributed by atoms with E-state index in [1.807, 2.05) is 42.0 Å². The second-order valence-corrected chi connectivity index (χ2v) is 8.00. The molecule has 0 saturated heterocycles. The highest BCUT2D eigenvalue weighted by Crippen LogP contribution is 2.34. The molecule has 0 bridgehead atoms. The van der Waals surface area contributed by atoms with E-state index in [-0.39, 0.29) is 12.5 Å². The fraction of sp³-hybridized carbons (Fsp3) is 0.526. The van der Waals surface area contributed by atoms with Gasteiger partial charge in [0.25, 0.3) is 0 Å². The smallest absolute Gasteiger partial charge is 0.308 e. The van der Waals surface area contributed by atoms with Crippen LogP contribution in [0.3, 0.4) is 0 Å². The maximum absolute atomic E-state index is 12.8. The van der Waals surface area contributed by atoms with Crippen molar-refractivity contribution in [2.24, 2.45) is 5.92 Å². The zero-order valence-electron chi connectivity index (χ0n) is 15.2. The summed E-state index contributed by atoms with van der Waals surface area (Å²) in [5, 5.41) is 12.6. The van der Waals surface area contributed by atoms with Crippen LogP contribution in [-0.2, 0) is 21.9 Å². The predicted octanol–water partition coefficient (Wildman–Crippen LogP) is 3.05. The first kappa shape index (κ1) is 18.8. The fourth-order valence-corrected chi connectivity index (χ4v) is 4.40. The summed E-state index contributed by atoms with van der Waals surface area (Å²) in [5.41, 5.74) is 1.10. The first-order valence-corrected chi connectivity index (χ1v) is 10.3. The highest BCUT2D eigenvalue weighted by molar-refractivity contribution is 7.97. The molecule has 7 heteroatoms. The van der Waals surface area contributed by atoms with Crippen molar-refractivity contribution in [3.63, 3.8) is 0 Å². The Morgan fingerprint density at radius 2 is 2.15 bits per heavy atom. The summed E-state index contributed by atoms with van der Waals surface area (Å²) in [7, 11) is 0. The number of rotatable bonds is 6. The van der Waals surface area contributed by atoms with Gasteiger partial charge < -0.3 is 15.0 Å². The van der Waals surface area contributed by atoms with E-state index in [4.69, 9.17) is 0 Å². The summed E-state index contributed by atoms with van der Waals surface area (Å²) in [5.74, 6) is 0.0504. The number of benzene rings is 1. The van der Waals surface area contributed by atoms with Gasteiger partial charge in [0.2, 0.25) is 5.91 Å². The van der Waals surface area contributed by atoms with Gasteiger partial charge in [-0.25, -0.2) is 4.98 Å². The first-order valence-electron chi connectivity index (χ1n) is 8.91. The van der Waals surface area contributed by atoms with Gasteiger partial charge in [0.05, 0.1) is 28.2 Å². The Morgan fingerprint density at radius 3 is 2.88 bits per heavy atom. The molecule has 1 fully saturated rings. The van der Waals surface area contributed by atoms with Crippen LogP contribution in [0.4, 0.5) is 0 Å². The Labute approximate surface area is 157 Å². The monoisotopic (exact) mass is 375 g/mol. The molecule has 2 N–H and O–H groups in total. The number of hydrogen-bond donors (Lipinski definition) is 2. The minimum absolute atomic E-state index is 0.151. The summed E-state index contributed by atoms with van der Waals surface area (Å²) in [6.45, 7) is 2.01. The molecule has 0 aliphatic heterocycles. The van der Waals surface area contributed by atoms with E-state index < -0.39 is 17.4 Å². The molecule has 1 aromatic heterocycles. The minimum Gasteiger partial charge on any atom is -0.481 e. The Morgan fingerprint density at radius 1 is 1.38 bits per heavy atom. The van der Waals surface area contributed by atoms with E-state index in [1.165, 1.54) is 0 Å². The van der Waals surface area contributed by atoms with Gasteiger partial charge in [-0.05, 0) is 38.2 Å². The van der Waals surface area contributed by atoms with Gasteiger partial charge in [-0.2, -0.15) is 11.8 Å². The number of aliphatic carboxylic acids is 1. The average Bonchev–Trinajstić information content (AvgIpc) is 2.92. The molecule has 2 unspecified atom stereocenters. The van der Waals surface area contributed by atoms with Crippen molar-refractivity contribution in [2.75, 3.05) is 6.26 Å². The van der Waals surface area contributed by atoms with Crippen molar-refractivity contribution in [3.05, 3.63) is 30.1 Å². The third-order valence-electron chi connectivity index (χ3n) is 5.24. The Bertz CT molecular complexity index is 819. The molecule has 1 saturated carbocycles. The zero-order valence-corrected chi connectivity index (χ0v) is 16.0. The van der Waals surface area contributed by atoms with Crippen LogP contribution in [0.15, 0.2) is 24.3 Å². The number of hydrogen-bond acceptors (Lipinski definition) is 4. The summed E-state index contributed by atoms with van der Waals surface area (Å²) in [6, 6.07) is 7.77. The second-order valence-electron chi connectivity index (χ2n) is 7.14. The van der Waals surface area contributed by atoms with Crippen LogP contribution >= 0.6 is 11.8 Å². The van der Waals surface area contributed by atoms with Crippen molar-refractivity contribution in [1.82, 2.24) is 14.9 Å². The lowest BCUT2D eigenvalue weighted by atomic mass is 9.74. The second kappa shape index (κ2) is 7.70. The SMILES string of the molecule is CSCc1nc2ccccc2n1CC(=O)NC1(C)CCCCC1C(=O)O. The van der Waals surface area contributed by atoms with E-state index >= 15 is 0 Å². The number of imidazole rings is 1. The summed E-state index contributed by atoms with van der Waals surface area (Å²) in [4.78, 5) is 29.0. The number of fused-ring (bicyclic) bond motifs is 1. The van der Waals surface area contributed by atoms with Gasteiger partial charge >= 0.3 is 5.97 Å². The Balaban J connectivity index is 1.82. The summed E-state index contributed by atoms with van der Waals surface area (Å²) in [6.07, 6.45) is 5.14. The average molecular weight is 375 g/mol. The highest BCUT2D eigenvalue weighted by atomic mass is 32.2. The van der Waals surface area contributed by atoms with Crippen molar-refractivity contribution in [1.29, 1.82) is 0 Å². The molecular weight excluding hydrogens is 350 g/mol. The van der Waals surface area contributed by atoms with E-state index in [0.29, 0.717) is 12.8 Å². The first-order chi connectivity index (χ1) is 12.4. The molecule has 3 rings (SSSR count). The van der Waals surface area contributed by atoms with Gasteiger partial charge in [0.1, 0.15) is 12.4 Å². The number of nitrogens with zero attached hydrogens (tertiary/aromatic N) is 2. The number of carboxylic acid groups (broad SMARTS) is 1. The standard InChI is InChI=1S/C19H25N3O3S/c1-19(10-6-5-7-13(19)18(24)25)21-17(23)11-22-15-9-4-3-8-14(15)20-16(22)12-26-2/h3-4,8-9,13H,5-7,10-12H2,1-2H3,(H,21,23)(H,24,25). The lowest BCUT2D eigenvalue weighted by molar-refractivity contribution is -0.146. The number of carbonyl (C=O) groups excluding carboxylic acids is 1. The lowest BCUT2D eigenvalue weighted by Crippen LogP contribution is -2.56. The number of carbonyl (C=O) groups is 2. The number of thioether (sulfide) groups is 1. The van der Waals surface area contributed by atoms with Crippen molar-refractivity contribution in [2.45, 2.75) is 50.4 Å². The van der Waals surface area contributed by atoms with Crippen LogP contribution in [0.25, 0.3) is 11.0 Å². The van der Waals surface area contributed by atoms with Gasteiger partial charge in [-0.1, -0.05) is 25.0 Å². The summed E-state index contributed by atoms with van der Waals surface area (Å²) < 4.78 is 1.93. The largest absolute Gasteiger partial charge is 0.481 e. The molecule has 6 nitrogen and oxygen atoms in total. The molecule has 140 valence electrons. The highest BCUT2D eigenvalue weighted by Gasteiger charge is 2.42. The van der Waals surface area contributed by atoms with Crippen LogP contribution in [0.1, 0.15) is 38.4 Å². The Kier molecular flexibility index (Phi) is 5.55. The van der Waals surface area contributed by atoms with Gasteiger partial charge in [0.15, 0.2) is 0 Å². The molecule has 1 aliphatic rings. The molecule has 1 aromatic carbocycles. The normalized spacial score (nSPS) is 23.1. The lowest BCUT2D eigenvalue weighted by Gasteiger charge is -2.39. The zero-order chi connectivity index (χ0) is 18.7. The van der Waals surface area contributed by atoms with E-state index in [2.05, 4.69) is 10.3 Å². The summed E-state index contributed by atoms with van der Waals surface area (Å²) >= 11 is 1.66. The van der Waals surface area contributed by atoms with Gasteiger partial charge in [-0.15, -0.1) is 0 Å². The maximum Gasteiger partial charge on any atom is 0.308 e. The van der Waals surface area contributed by atoms with Gasteiger partial charge in [0, 0.05) is 0 Å². The molecule has 26 heavy (non-hydrogen) atoms. The van der Waals surface area contributed by atoms with E-state index in [1.54, 1.807) is 11.8 Å². The maximum atomic E-state index is 12.8. The quantitative estimate of drug-likeness (QED) is 0.811. The number of para-hydroxylation sites is 2. The fourth-order valence-electron chi connectivity index (χ4n) is 3.92. The van der Waals surface area contributed by atoms with Gasteiger partial charge in [-0.3, -0.25) is 9.59 Å². The van der Waals surface area contributed by atoms with Crippen molar-refractivity contribution >= 4 is 34.7 Å². The van der Waals surface area contributed by atoms with Crippen LogP contribution in [0.5, 0.6) is 0 Å². The van der Waals surface area contributed by atoms with Crippen molar-refractivity contribution < 1.29 is 14.7 Å². The van der Waals surface area contributed by atoms with Crippen molar-refractivity contribution in [3.8, 4) is 0 Å². The van der Waals surface area contributed by atoms with Crippen LogP contribution < -0.4 is 5.32 Å². The molecule has 1 heterocycles. The molecular formula is C19H25N3O3S. The van der Waals surface area contributed by atoms with Crippen LogP contribution in [0.2, 0.25) is 0 Å². The number of aromatic nitrogens is 2. The van der Waals surface area contributed by atoms with E-state index in [9.17, 15) is 14.7 Å². The number of carboxylic acids is 1. The third-order valence-corrected chi connectivity index (χ3v) is 5.79. The Hall–Kier alpha value is -2.02. The molecule has 2 atom stereocenters. The predicted molar refractivity (Wildman–Crippen MR) is 103 cm³/mol. The third kappa shape index (κ3) is 3.72. The molecule has 2 aromatic rings. The molecule has 0 radical (unpaired) electrons. The number of nitrogens with one attached hydrogen (secondary N) is 1. The van der Waals surface area contributed by atoms with Crippen LogP contribution in [-0.4, -0.2) is 38.3 Å². The molecule has 1 aliphatic carbocycles. The topological polar surface area (TPSA) is 84.2 Å². The molecule has 0 spiro atoms. The number of amides is 1. The minimum atomic E-state index is -0.830.